The first-order chi connectivity index (χ1) is 3.33. The third-order valence-corrected chi connectivity index (χ3v) is 2.79. The fourth-order valence-corrected chi connectivity index (χ4v) is 1.42. The van der Waals surface area contributed by atoms with E-state index in [0.717, 1.165) is 11.5 Å². The fraction of sp³-hybridized carbons (Fsp3) is 1.00. The standard InChI is InChI=1S/C5H10S2.2Ni/c6-3-5(4-7)1-2-5;;/h6-7H,1-4H2;;/p-2. The maximum atomic E-state index is 4.88. The van der Waals surface area contributed by atoms with Crippen LogP contribution in [0.4, 0.5) is 0 Å². The molecular weight excluding hydrogens is 242 g/mol. The molecule has 0 bridgehead atoms. The summed E-state index contributed by atoms with van der Waals surface area (Å²) in [5.74, 6) is 1.77. The minimum Gasteiger partial charge on any atom is -0.792 e. The van der Waals surface area contributed by atoms with E-state index in [2.05, 4.69) is 0 Å². The third-order valence-electron chi connectivity index (χ3n) is 1.57. The van der Waals surface area contributed by atoms with E-state index in [1.165, 1.54) is 12.8 Å². The van der Waals surface area contributed by atoms with Crippen LogP contribution in [0.25, 0.3) is 0 Å². The molecule has 0 unspecified atom stereocenters. The van der Waals surface area contributed by atoms with E-state index in [1.54, 1.807) is 0 Å². The van der Waals surface area contributed by atoms with E-state index in [-0.39, 0.29) is 33.0 Å². The zero-order chi connectivity index (χ0) is 5.33. The molecule has 0 N–H and O–H groups in total. The molecule has 0 aromatic carbocycles. The molecule has 0 heterocycles. The van der Waals surface area contributed by atoms with Crippen molar-refractivity contribution in [2.24, 2.45) is 5.41 Å². The van der Waals surface area contributed by atoms with Gasteiger partial charge in [-0.3, -0.25) is 0 Å². The van der Waals surface area contributed by atoms with Crippen molar-refractivity contribution in [1.82, 2.24) is 0 Å². The van der Waals surface area contributed by atoms with Crippen LogP contribution in [0.3, 0.4) is 0 Å². The summed E-state index contributed by atoms with van der Waals surface area (Å²) < 4.78 is 0. The second kappa shape index (κ2) is 5.35. The van der Waals surface area contributed by atoms with Crippen LogP contribution in [0.1, 0.15) is 12.8 Å². The Morgan fingerprint density at radius 2 is 1.33 bits per heavy atom. The predicted molar refractivity (Wildman–Crippen MR) is 36.1 cm³/mol. The summed E-state index contributed by atoms with van der Waals surface area (Å²) in [6, 6.07) is 0. The van der Waals surface area contributed by atoms with Crippen molar-refractivity contribution in [3.8, 4) is 0 Å². The van der Waals surface area contributed by atoms with E-state index >= 15 is 0 Å². The van der Waals surface area contributed by atoms with Crippen molar-refractivity contribution in [3.63, 3.8) is 0 Å². The minimum atomic E-state index is 0. The van der Waals surface area contributed by atoms with Gasteiger partial charge in [0.2, 0.25) is 0 Å². The molecule has 0 atom stereocenters. The molecule has 9 heavy (non-hydrogen) atoms. The van der Waals surface area contributed by atoms with Gasteiger partial charge >= 0.3 is 0 Å². The Morgan fingerprint density at radius 1 is 1.00 bits per heavy atom. The number of hydrogen-bond donors (Lipinski definition) is 0. The Morgan fingerprint density at radius 3 is 1.33 bits per heavy atom. The van der Waals surface area contributed by atoms with E-state index in [9.17, 15) is 0 Å². The van der Waals surface area contributed by atoms with Gasteiger partial charge < -0.3 is 25.3 Å². The van der Waals surface area contributed by atoms with E-state index in [0.29, 0.717) is 5.41 Å². The molecule has 4 heteroatoms. The molecule has 0 aromatic heterocycles. The maximum absolute atomic E-state index is 4.88. The zero-order valence-electron chi connectivity index (χ0n) is 4.78. The first-order valence-corrected chi connectivity index (χ1v) is 3.65. The second-order valence-electron chi connectivity index (χ2n) is 2.29. The third kappa shape index (κ3) is 3.56. The minimum absolute atomic E-state index is 0. The topological polar surface area (TPSA) is 0 Å². The molecule has 62 valence electrons. The first-order valence-electron chi connectivity index (χ1n) is 2.49. The summed E-state index contributed by atoms with van der Waals surface area (Å²) in [6.07, 6.45) is 2.58. The monoisotopic (exact) mass is 248 g/mol. The van der Waals surface area contributed by atoms with E-state index < -0.39 is 0 Å². The van der Waals surface area contributed by atoms with Gasteiger partial charge in [0, 0.05) is 33.0 Å². The quantitative estimate of drug-likeness (QED) is 0.526. The SMILES string of the molecule is [Ni].[Ni].[S-]CC1(C[S-])CC1. The van der Waals surface area contributed by atoms with Crippen LogP contribution < -0.4 is 0 Å². The van der Waals surface area contributed by atoms with Gasteiger partial charge in [0.1, 0.15) is 0 Å². The summed E-state index contributed by atoms with van der Waals surface area (Å²) in [4.78, 5) is 0. The fourth-order valence-electron chi connectivity index (χ4n) is 0.507. The molecule has 0 aliphatic heterocycles. The summed E-state index contributed by atoms with van der Waals surface area (Å²) in [7, 11) is 0. The molecule has 1 rings (SSSR count). The molecule has 1 fully saturated rings. The Hall–Kier alpha value is 1.69. The van der Waals surface area contributed by atoms with Crippen LogP contribution in [-0.4, -0.2) is 11.5 Å². The maximum Gasteiger partial charge on any atom is 0 e. The molecule has 1 saturated carbocycles. The normalized spacial score (nSPS) is 19.3. The molecule has 0 saturated heterocycles. The molecule has 1 aliphatic rings. The van der Waals surface area contributed by atoms with Crippen LogP contribution in [0.15, 0.2) is 0 Å². The molecular formula is C5H8Ni2S2-2. The smallest absolute Gasteiger partial charge is 0 e. The van der Waals surface area contributed by atoms with Crippen LogP contribution in [-0.2, 0) is 58.2 Å². The van der Waals surface area contributed by atoms with Gasteiger partial charge in [0.15, 0.2) is 0 Å². The molecule has 1 aliphatic carbocycles. The number of rotatable bonds is 2. The van der Waals surface area contributed by atoms with Crippen LogP contribution in [0.2, 0.25) is 0 Å². The van der Waals surface area contributed by atoms with Gasteiger partial charge in [0.05, 0.1) is 0 Å². The van der Waals surface area contributed by atoms with Crippen LogP contribution >= 0.6 is 0 Å². The zero-order valence-corrected chi connectivity index (χ0v) is 8.39. The van der Waals surface area contributed by atoms with Crippen LogP contribution in [0, 0.1) is 5.41 Å². The molecule has 0 amide bonds. The van der Waals surface area contributed by atoms with Gasteiger partial charge in [-0.05, 0) is 0 Å². The second-order valence-corrected chi connectivity index (χ2v) is 2.87. The molecule has 0 nitrogen and oxygen atoms in total. The largest absolute Gasteiger partial charge is 0.792 e. The van der Waals surface area contributed by atoms with Crippen molar-refractivity contribution in [2.45, 2.75) is 12.8 Å². The van der Waals surface area contributed by atoms with Crippen molar-refractivity contribution < 1.29 is 33.0 Å². The summed E-state index contributed by atoms with van der Waals surface area (Å²) in [5, 5.41) is 0. The Bertz CT molecular complexity index is 67.4. The van der Waals surface area contributed by atoms with Gasteiger partial charge in [-0.15, -0.1) is 0 Å². The Labute approximate surface area is 87.6 Å². The summed E-state index contributed by atoms with van der Waals surface area (Å²) in [5.41, 5.74) is 0.463. The number of hydrogen-bond acceptors (Lipinski definition) is 2. The molecule has 0 aromatic rings. The van der Waals surface area contributed by atoms with Crippen molar-refractivity contribution in [3.05, 3.63) is 0 Å². The average molecular weight is 250 g/mol. The van der Waals surface area contributed by atoms with E-state index in [4.69, 9.17) is 25.3 Å². The van der Waals surface area contributed by atoms with Gasteiger partial charge in [0.25, 0.3) is 0 Å². The average Bonchev–Trinajstić information content (AvgIpc) is 2.46. The van der Waals surface area contributed by atoms with Gasteiger partial charge in [-0.1, -0.05) is 18.3 Å². The first kappa shape index (κ1) is 13.3. The summed E-state index contributed by atoms with van der Waals surface area (Å²) >= 11 is 9.77. The molecule has 0 spiro atoms. The Kier molecular flexibility index (Phi) is 7.90. The Balaban J connectivity index is 0. The van der Waals surface area contributed by atoms with Crippen molar-refractivity contribution in [1.29, 1.82) is 0 Å². The predicted octanol–water partition coefficient (Wildman–Crippen LogP) is 0.855. The van der Waals surface area contributed by atoms with Crippen molar-refractivity contribution >= 4 is 25.3 Å². The molecule has 0 radical (unpaired) electrons. The van der Waals surface area contributed by atoms with Gasteiger partial charge in [-0.25, -0.2) is 0 Å². The van der Waals surface area contributed by atoms with Gasteiger partial charge in [-0.2, -0.15) is 11.5 Å². The summed E-state index contributed by atoms with van der Waals surface area (Å²) in [6.45, 7) is 0. The van der Waals surface area contributed by atoms with Crippen LogP contribution in [0.5, 0.6) is 0 Å². The van der Waals surface area contributed by atoms with Crippen molar-refractivity contribution in [2.75, 3.05) is 11.5 Å². The van der Waals surface area contributed by atoms with E-state index in [1.807, 2.05) is 0 Å².